The van der Waals surface area contributed by atoms with E-state index in [-0.39, 0.29) is 58.2 Å². The number of amides is 1. The van der Waals surface area contributed by atoms with Crippen LogP contribution in [0.3, 0.4) is 0 Å². The van der Waals surface area contributed by atoms with Crippen molar-refractivity contribution >= 4 is 93.6 Å². The van der Waals surface area contributed by atoms with Crippen LogP contribution in [0.2, 0.25) is 20.1 Å². The number of aryl methyl sites for hydroxylation is 1. The first kappa shape index (κ1) is 26.7. The van der Waals surface area contributed by atoms with Crippen molar-refractivity contribution in [3.63, 3.8) is 0 Å². The summed E-state index contributed by atoms with van der Waals surface area (Å²) in [6.07, 6.45) is 0.298. The average molecular weight is 568 g/mol. The van der Waals surface area contributed by atoms with Gasteiger partial charge in [0.1, 0.15) is 10.6 Å². The predicted octanol–water partition coefficient (Wildman–Crippen LogP) is 4.90. The number of fused-ring (bicyclic) bond motifs is 1. The Bertz CT molecular complexity index is 1320. The topological polar surface area (TPSA) is 98.3 Å². The van der Waals surface area contributed by atoms with Gasteiger partial charge < -0.3 is 20.3 Å². The van der Waals surface area contributed by atoms with Crippen LogP contribution in [0.1, 0.15) is 37.1 Å². The zero-order valence-electron chi connectivity index (χ0n) is 17.7. The molecule has 13 heteroatoms. The van der Waals surface area contributed by atoms with E-state index in [1.165, 1.54) is 0 Å². The second kappa shape index (κ2) is 10.2. The molecule has 3 aromatic rings. The number of hydrogen-bond donors (Lipinski definition) is 3. The van der Waals surface area contributed by atoms with Gasteiger partial charge in [-0.15, -0.1) is 0 Å². The van der Waals surface area contributed by atoms with Crippen LogP contribution in [-0.2, 0) is 6.42 Å². The van der Waals surface area contributed by atoms with Crippen molar-refractivity contribution < 1.29 is 14.7 Å². The van der Waals surface area contributed by atoms with Crippen LogP contribution < -0.4 is 10.2 Å². The number of thiazole rings is 1. The van der Waals surface area contributed by atoms with E-state index >= 15 is 0 Å². The van der Waals surface area contributed by atoms with E-state index in [0.717, 1.165) is 16.9 Å². The first-order chi connectivity index (χ1) is 16.1. The van der Waals surface area contributed by atoms with Crippen molar-refractivity contribution in [2.45, 2.75) is 19.4 Å². The molecule has 2 fully saturated rings. The summed E-state index contributed by atoms with van der Waals surface area (Å²) >= 11 is 25.6. The molecule has 3 atom stereocenters. The van der Waals surface area contributed by atoms with Crippen molar-refractivity contribution in [3.8, 4) is 0 Å². The second-order valence-corrected chi connectivity index (χ2v) is 11.1. The van der Waals surface area contributed by atoms with Gasteiger partial charge in [0.25, 0.3) is 5.91 Å². The Labute approximate surface area is 237 Å². The Kier molecular flexibility index (Phi) is 7.76. The quantitative estimate of drug-likeness (QED) is 0.368. The third-order valence-electron chi connectivity index (χ3n) is 6.30. The van der Waals surface area contributed by atoms with Gasteiger partial charge in [-0.2, -0.15) is 0 Å². The summed E-state index contributed by atoms with van der Waals surface area (Å²) in [6, 6.07) is 5.16. The van der Waals surface area contributed by atoms with E-state index in [9.17, 15) is 14.7 Å². The van der Waals surface area contributed by atoms with Gasteiger partial charge >= 0.3 is 24.8 Å². The van der Waals surface area contributed by atoms with Gasteiger partial charge in [0, 0.05) is 53.1 Å². The molecule has 1 saturated carbocycles. The van der Waals surface area contributed by atoms with Crippen LogP contribution in [0.15, 0.2) is 18.2 Å². The first-order valence-corrected chi connectivity index (χ1v) is 12.7. The number of piperidine rings is 1. The molecule has 3 heterocycles. The Morgan fingerprint density at radius 1 is 1.20 bits per heavy atom. The normalized spacial score (nSPS) is 20.4. The number of carbonyl (C=O) groups excluding carboxylic acids is 1. The number of carbonyl (C=O) groups is 2. The molecule has 1 aliphatic heterocycles. The molecule has 1 aromatic carbocycles. The molecule has 0 bridgehead atoms. The van der Waals surface area contributed by atoms with Gasteiger partial charge in [0.05, 0.1) is 15.7 Å². The van der Waals surface area contributed by atoms with E-state index in [2.05, 4.69) is 20.2 Å². The van der Waals surface area contributed by atoms with E-state index < -0.39 is 5.97 Å². The predicted molar refractivity (Wildman–Crippen MR) is 141 cm³/mol. The average Bonchev–Trinajstić information content (AvgIpc) is 3.15. The first-order valence-electron chi connectivity index (χ1n) is 10.4. The molecule has 5 rings (SSSR count). The van der Waals surface area contributed by atoms with Gasteiger partial charge in [0.2, 0.25) is 0 Å². The molecular weight excluding hydrogens is 549 g/mol. The summed E-state index contributed by atoms with van der Waals surface area (Å²) in [6.45, 7) is 3.12. The van der Waals surface area contributed by atoms with E-state index in [0.29, 0.717) is 51.1 Å². The number of hydrogen-bond acceptors (Lipinski definition) is 5. The number of carboxylic acid groups (broad SMARTS) is 1. The Morgan fingerprint density at radius 3 is 2.46 bits per heavy atom. The Balaban J connectivity index is 0.00000289. The van der Waals surface area contributed by atoms with Crippen molar-refractivity contribution in [2.24, 2.45) is 11.8 Å². The minimum absolute atomic E-state index is 0. The summed E-state index contributed by atoms with van der Waals surface area (Å²) in [5.41, 5.74) is 2.14. The van der Waals surface area contributed by atoms with E-state index in [1.54, 1.807) is 25.1 Å². The molecule has 1 amide bonds. The monoisotopic (exact) mass is 566 g/mol. The van der Waals surface area contributed by atoms with Gasteiger partial charge in [-0.1, -0.05) is 63.8 Å². The zero-order valence-corrected chi connectivity index (χ0v) is 21.5. The van der Waals surface area contributed by atoms with Crippen LogP contribution in [0.5, 0.6) is 0 Å². The Hall–Kier alpha value is -1.37. The zero-order chi connectivity index (χ0) is 24.3. The second-order valence-electron chi connectivity index (χ2n) is 8.47. The molecule has 0 spiro atoms. The fraction of sp³-hybridized carbons (Fsp3) is 0.318. The van der Waals surface area contributed by atoms with E-state index in [1.807, 2.05) is 0 Å². The fourth-order valence-corrected chi connectivity index (χ4v) is 6.29. The summed E-state index contributed by atoms with van der Waals surface area (Å²) < 4.78 is 0. The summed E-state index contributed by atoms with van der Waals surface area (Å²) in [5.74, 6) is -0.771. The molecule has 180 valence electrons. The van der Waals surface area contributed by atoms with Crippen molar-refractivity contribution in [2.75, 3.05) is 18.0 Å². The number of rotatable bonds is 6. The number of benzene rings is 1. The van der Waals surface area contributed by atoms with Crippen LogP contribution >= 0.6 is 57.7 Å². The summed E-state index contributed by atoms with van der Waals surface area (Å²) in [5, 5.41) is 14.9. The molecular formula is C22H19Cl4LiN4O3S. The van der Waals surface area contributed by atoms with Gasteiger partial charge in [-0.3, -0.25) is 4.79 Å². The number of carboxylic acids is 1. The summed E-state index contributed by atoms with van der Waals surface area (Å²) in [4.78, 5) is 34.3. The number of halogens is 4. The molecule has 1 unspecified atom stereocenters. The molecule has 1 saturated heterocycles. The molecule has 3 N–H and O–H groups in total. The molecule has 2 aromatic heterocycles. The standard InChI is InChI=1S/C22H18Cl4N4O3S.Li.H/c1-8-15(25)16(26)18(27-8)20(31)29-17-11-6-30(7-12(11)17)22-28-14(19(34-22)21(32)33)4-9-2-3-10(23)5-13(9)24;;/h2-3,5,11-12,17,27H,4,6-7H2,1H3,(H,29,31)(H,32,33);;/t11-,12+,17?;;. The molecule has 35 heavy (non-hydrogen) atoms. The van der Waals surface area contributed by atoms with Crippen LogP contribution in [0.25, 0.3) is 0 Å². The number of H-pyrrole nitrogens is 1. The number of nitrogens with one attached hydrogen (secondary N) is 2. The molecule has 1 aliphatic carbocycles. The van der Waals surface area contributed by atoms with Crippen molar-refractivity contribution in [1.82, 2.24) is 15.3 Å². The van der Waals surface area contributed by atoms with Crippen LogP contribution in [0.4, 0.5) is 5.13 Å². The van der Waals surface area contributed by atoms with Crippen molar-refractivity contribution in [1.29, 1.82) is 0 Å². The third-order valence-corrected chi connectivity index (χ3v) is 8.98. The van der Waals surface area contributed by atoms with Crippen LogP contribution in [-0.4, -0.2) is 64.9 Å². The number of aromatic amines is 1. The maximum atomic E-state index is 12.6. The van der Waals surface area contributed by atoms with E-state index in [4.69, 9.17) is 46.4 Å². The van der Waals surface area contributed by atoms with Crippen LogP contribution in [0, 0.1) is 18.8 Å². The number of anilines is 1. The van der Waals surface area contributed by atoms with Gasteiger partial charge in [0.15, 0.2) is 5.13 Å². The minimum atomic E-state index is -1.02. The third kappa shape index (κ3) is 5.08. The number of nitrogens with zero attached hydrogens (tertiary/aromatic N) is 2. The summed E-state index contributed by atoms with van der Waals surface area (Å²) in [7, 11) is 0. The maximum absolute atomic E-state index is 12.6. The van der Waals surface area contributed by atoms with Gasteiger partial charge in [-0.25, -0.2) is 9.78 Å². The Morgan fingerprint density at radius 2 is 1.89 bits per heavy atom. The molecule has 2 aliphatic rings. The molecule has 0 radical (unpaired) electrons. The number of aromatic carboxylic acids is 1. The fourth-order valence-electron chi connectivity index (χ4n) is 4.46. The SMILES string of the molecule is Cc1[nH]c(C(=O)NC2[C@H]3CN(c4nc(Cc5ccc(Cl)cc5Cl)c(C(=O)O)s4)C[C@@H]23)c(Cl)c1Cl.[LiH]. The number of aromatic nitrogens is 2. The van der Waals surface area contributed by atoms with Gasteiger partial charge in [-0.05, 0) is 24.6 Å². The van der Waals surface area contributed by atoms with Crippen molar-refractivity contribution in [3.05, 3.63) is 65.8 Å². The molecule has 7 nitrogen and oxygen atoms in total.